The number of hydrogen-bond acceptors (Lipinski definition) is 2. The molecule has 0 aromatic heterocycles. The van der Waals surface area contributed by atoms with Gasteiger partial charge in [-0.1, -0.05) is 45.2 Å². The molecule has 3 heteroatoms. The van der Waals surface area contributed by atoms with Crippen molar-refractivity contribution in [3.8, 4) is 5.75 Å². The Hall–Kier alpha value is -1.51. The molecule has 3 nitrogen and oxygen atoms in total. The maximum absolute atomic E-state index is 12.7. The van der Waals surface area contributed by atoms with Crippen molar-refractivity contribution in [1.29, 1.82) is 0 Å². The van der Waals surface area contributed by atoms with Gasteiger partial charge in [0.15, 0.2) is 0 Å². The summed E-state index contributed by atoms with van der Waals surface area (Å²) in [6.45, 7) is 6.94. The van der Waals surface area contributed by atoms with Gasteiger partial charge < -0.3 is 10.4 Å². The lowest BCUT2D eigenvalue weighted by molar-refractivity contribution is 0.0284. The molecule has 0 radical (unpaired) electrons. The highest BCUT2D eigenvalue weighted by Gasteiger charge is 2.44. The summed E-state index contributed by atoms with van der Waals surface area (Å²) in [5, 5.41) is 13.2. The Bertz CT molecular complexity index is 614. The second-order valence-electron chi connectivity index (χ2n) is 8.91. The molecule has 1 aromatic carbocycles. The summed E-state index contributed by atoms with van der Waals surface area (Å²) >= 11 is 0. The quantitative estimate of drug-likeness (QED) is 0.798. The summed E-state index contributed by atoms with van der Waals surface area (Å²) in [6.07, 6.45) is 8.95. The van der Waals surface area contributed by atoms with E-state index >= 15 is 0 Å². The summed E-state index contributed by atoms with van der Waals surface area (Å²) < 4.78 is 0. The van der Waals surface area contributed by atoms with Gasteiger partial charge in [-0.3, -0.25) is 4.79 Å². The third-order valence-electron chi connectivity index (χ3n) is 6.80. The minimum atomic E-state index is -0.148. The molecular weight excluding hydrogens is 310 g/mol. The van der Waals surface area contributed by atoms with Gasteiger partial charge in [0.05, 0.1) is 5.56 Å². The van der Waals surface area contributed by atoms with Crippen LogP contribution in [0.2, 0.25) is 0 Å². The first-order chi connectivity index (χ1) is 11.9. The summed E-state index contributed by atoms with van der Waals surface area (Å²) in [4.78, 5) is 12.7. The van der Waals surface area contributed by atoms with Gasteiger partial charge in [0, 0.05) is 6.04 Å². The third kappa shape index (κ3) is 4.02. The van der Waals surface area contributed by atoms with E-state index in [4.69, 9.17) is 0 Å². The van der Waals surface area contributed by atoms with Crippen LogP contribution >= 0.6 is 0 Å². The molecule has 0 heterocycles. The highest BCUT2D eigenvalue weighted by Crippen LogP contribution is 2.51. The molecule has 1 aromatic rings. The zero-order valence-corrected chi connectivity index (χ0v) is 15.9. The van der Waals surface area contributed by atoms with Gasteiger partial charge in [0.2, 0.25) is 0 Å². The largest absolute Gasteiger partial charge is 0.507 e. The highest BCUT2D eigenvalue weighted by molar-refractivity contribution is 5.96. The Kier molecular flexibility index (Phi) is 5.41. The maximum Gasteiger partial charge on any atom is 0.255 e. The summed E-state index contributed by atoms with van der Waals surface area (Å²) in [7, 11) is 0. The number of aromatic hydroxyl groups is 1. The number of hydrogen-bond donors (Lipinski definition) is 2. The van der Waals surface area contributed by atoms with Crippen molar-refractivity contribution in [3.63, 3.8) is 0 Å². The van der Waals surface area contributed by atoms with Crippen molar-refractivity contribution < 1.29 is 9.90 Å². The van der Waals surface area contributed by atoms with Gasteiger partial charge in [-0.05, 0) is 67.9 Å². The number of rotatable bonds is 3. The zero-order chi connectivity index (χ0) is 18.0. The number of amides is 1. The molecule has 2 N–H and O–H groups in total. The van der Waals surface area contributed by atoms with Crippen molar-refractivity contribution >= 4 is 5.91 Å². The van der Waals surface area contributed by atoms with E-state index in [1.165, 1.54) is 44.9 Å². The first kappa shape index (κ1) is 18.3. The fourth-order valence-corrected chi connectivity index (χ4v) is 5.37. The normalized spacial score (nSPS) is 33.8. The van der Waals surface area contributed by atoms with Gasteiger partial charge in [0.1, 0.15) is 5.75 Å². The molecule has 2 fully saturated rings. The molecular formula is C22H33NO2. The number of carbonyl (C=O) groups excluding carboxylic acids is 1. The van der Waals surface area contributed by atoms with Crippen LogP contribution < -0.4 is 5.32 Å². The van der Waals surface area contributed by atoms with Crippen LogP contribution in [0, 0.1) is 23.2 Å². The van der Waals surface area contributed by atoms with Gasteiger partial charge in [0.25, 0.3) is 5.91 Å². The van der Waals surface area contributed by atoms with Crippen molar-refractivity contribution in [2.45, 2.75) is 71.8 Å². The molecule has 0 aliphatic heterocycles. The van der Waals surface area contributed by atoms with E-state index in [0.29, 0.717) is 5.56 Å². The average molecular weight is 344 g/mol. The van der Waals surface area contributed by atoms with E-state index in [9.17, 15) is 9.90 Å². The number of phenolic OH excluding ortho intramolecular Hbond substituents is 1. The van der Waals surface area contributed by atoms with E-state index in [-0.39, 0.29) is 23.1 Å². The summed E-state index contributed by atoms with van der Waals surface area (Å²) in [5.74, 6) is 2.24. The zero-order valence-electron chi connectivity index (χ0n) is 15.9. The standard InChI is InChI=1S/C22H33NO2/c1-15-8-9-18-12-16(2)13-22(14-18,11-10-15)17(3)23-21(25)19-6-4-5-7-20(19)24/h4-7,15-18,24H,8-14H2,1-3H3,(H,23,25). The van der Waals surface area contributed by atoms with Gasteiger partial charge in [-0.15, -0.1) is 0 Å². The van der Waals surface area contributed by atoms with Crippen LogP contribution in [0.3, 0.4) is 0 Å². The number of fused-ring (bicyclic) bond motifs is 2. The van der Waals surface area contributed by atoms with E-state index < -0.39 is 0 Å². The lowest BCUT2D eigenvalue weighted by Gasteiger charge is -2.49. The minimum Gasteiger partial charge on any atom is -0.507 e. The minimum absolute atomic E-state index is 0.0610. The van der Waals surface area contributed by atoms with Crippen molar-refractivity contribution in [2.75, 3.05) is 0 Å². The van der Waals surface area contributed by atoms with Gasteiger partial charge in [-0.25, -0.2) is 0 Å². The second kappa shape index (κ2) is 7.39. The number of benzene rings is 1. The first-order valence-electron chi connectivity index (χ1n) is 9.98. The monoisotopic (exact) mass is 343 g/mol. The van der Waals surface area contributed by atoms with Crippen LogP contribution in [0.4, 0.5) is 0 Å². The molecule has 2 saturated carbocycles. The van der Waals surface area contributed by atoms with Crippen LogP contribution in [0.5, 0.6) is 5.75 Å². The Labute approximate surface area is 152 Å². The molecule has 5 atom stereocenters. The van der Waals surface area contributed by atoms with Gasteiger partial charge in [-0.2, -0.15) is 0 Å². The molecule has 0 spiro atoms. The topological polar surface area (TPSA) is 49.3 Å². The van der Waals surface area contributed by atoms with E-state index in [1.807, 2.05) is 0 Å². The van der Waals surface area contributed by atoms with E-state index in [0.717, 1.165) is 17.8 Å². The first-order valence-corrected chi connectivity index (χ1v) is 9.98. The third-order valence-corrected chi connectivity index (χ3v) is 6.80. The van der Waals surface area contributed by atoms with E-state index in [1.54, 1.807) is 24.3 Å². The van der Waals surface area contributed by atoms with Crippen LogP contribution in [-0.2, 0) is 0 Å². The van der Waals surface area contributed by atoms with Crippen LogP contribution in [0.1, 0.15) is 76.1 Å². The second-order valence-corrected chi connectivity index (χ2v) is 8.91. The smallest absolute Gasteiger partial charge is 0.255 e. The molecule has 25 heavy (non-hydrogen) atoms. The summed E-state index contributed by atoms with van der Waals surface area (Å²) in [5.41, 5.74) is 0.585. The summed E-state index contributed by atoms with van der Waals surface area (Å²) in [6, 6.07) is 6.96. The van der Waals surface area contributed by atoms with Crippen molar-refractivity contribution in [1.82, 2.24) is 5.32 Å². The molecule has 1 amide bonds. The molecule has 0 saturated heterocycles. The Morgan fingerprint density at radius 1 is 1.16 bits per heavy atom. The maximum atomic E-state index is 12.7. The highest BCUT2D eigenvalue weighted by atomic mass is 16.3. The molecule has 2 aliphatic rings. The Morgan fingerprint density at radius 3 is 2.68 bits per heavy atom. The number of nitrogens with one attached hydrogen (secondary N) is 1. The number of para-hydroxylation sites is 1. The fourth-order valence-electron chi connectivity index (χ4n) is 5.37. The molecule has 2 aliphatic carbocycles. The fraction of sp³-hybridized carbons (Fsp3) is 0.682. The van der Waals surface area contributed by atoms with Crippen LogP contribution in [-0.4, -0.2) is 17.1 Å². The molecule has 2 bridgehead atoms. The van der Waals surface area contributed by atoms with Crippen LogP contribution in [0.15, 0.2) is 24.3 Å². The SMILES string of the molecule is CC1CCC2CC(C)CC(C(C)NC(=O)c3ccccc3O)(CC1)C2. The number of phenols is 1. The Balaban J connectivity index is 1.78. The van der Waals surface area contributed by atoms with Crippen molar-refractivity contribution in [3.05, 3.63) is 29.8 Å². The van der Waals surface area contributed by atoms with Crippen molar-refractivity contribution in [2.24, 2.45) is 23.2 Å². The average Bonchev–Trinajstić information content (AvgIpc) is 2.57. The van der Waals surface area contributed by atoms with Gasteiger partial charge >= 0.3 is 0 Å². The van der Waals surface area contributed by atoms with Crippen LogP contribution in [0.25, 0.3) is 0 Å². The number of carbonyl (C=O) groups is 1. The lowest BCUT2D eigenvalue weighted by atomic mass is 9.58. The van der Waals surface area contributed by atoms with E-state index in [2.05, 4.69) is 26.1 Å². The molecule has 5 unspecified atom stereocenters. The molecule has 138 valence electrons. The molecule has 3 rings (SSSR count). The predicted octanol–water partition coefficient (Wildman–Crippen LogP) is 5.14. The lowest BCUT2D eigenvalue weighted by Crippen LogP contribution is -2.50. The predicted molar refractivity (Wildman–Crippen MR) is 102 cm³/mol. The Morgan fingerprint density at radius 2 is 1.92 bits per heavy atom.